The SMILES string of the molecule is Cc1cc(C)c(-c2ccc3c4ccc(-c5c(C)cc(C)cc5C)cc4n(-c4cc(-c5ccc(C#N)cc5C)cc(-n5c6cc(-c7c(C)cc(C)cc7C)ccc6c6ccc(-c7c(C)cc(C)cc7C)cc65)c4C#N)c3c2)c(C)c1. The fourth-order valence-corrected chi connectivity index (χ4v) is 14.0. The zero-order valence-corrected chi connectivity index (χ0v) is 47.7. The molecule has 2 aromatic heterocycles. The van der Waals surface area contributed by atoms with Gasteiger partial charge in [0.05, 0.1) is 45.1 Å². The van der Waals surface area contributed by atoms with Crippen LogP contribution in [0.5, 0.6) is 0 Å². The monoisotopic (exact) mass is 1020 g/mol. The first-order valence-electron chi connectivity index (χ1n) is 27.5. The standard InChI is InChI=1S/C75H64N4/c1-41-24-46(6)72(47(7)25-41)55-15-20-61-62-21-16-56(73-48(8)26-42(2)27-49(73)9)34-67(62)78(66(61)33-55)70-37-59(60-19-14-54(39-76)32-45(60)5)38-71(65(70)40-77)79-68-35-57(74-50(10)28-43(3)29-51(74)11)17-22-63(68)64-23-18-58(36-69(64)79)75-52(12)30-44(4)31-53(75)13/h14-38H,1-13H3. The lowest BCUT2D eigenvalue weighted by Gasteiger charge is -2.20. The van der Waals surface area contributed by atoms with Gasteiger partial charge in [0.2, 0.25) is 0 Å². The topological polar surface area (TPSA) is 57.4 Å². The van der Waals surface area contributed by atoms with Crippen molar-refractivity contribution in [2.24, 2.45) is 0 Å². The molecule has 0 saturated heterocycles. The van der Waals surface area contributed by atoms with Crippen molar-refractivity contribution in [3.8, 4) is 79.1 Å². The average molecular weight is 1020 g/mol. The van der Waals surface area contributed by atoms with Crippen LogP contribution in [0.3, 0.4) is 0 Å². The molecule has 0 aliphatic heterocycles. The molecule has 12 aromatic rings. The van der Waals surface area contributed by atoms with Gasteiger partial charge >= 0.3 is 0 Å². The van der Waals surface area contributed by atoms with E-state index in [1.807, 2.05) is 12.1 Å². The van der Waals surface area contributed by atoms with E-state index in [1.54, 1.807) is 0 Å². The van der Waals surface area contributed by atoms with Crippen LogP contribution in [0, 0.1) is 113 Å². The minimum absolute atomic E-state index is 0.551. The van der Waals surface area contributed by atoms with Crippen molar-refractivity contribution in [3.63, 3.8) is 0 Å². The maximum absolute atomic E-state index is 12.3. The molecule has 12 rings (SSSR count). The summed E-state index contributed by atoms with van der Waals surface area (Å²) in [5, 5.41) is 26.9. The number of rotatable bonds is 7. The Hall–Kier alpha value is -9.22. The molecule has 384 valence electrons. The van der Waals surface area contributed by atoms with Crippen LogP contribution < -0.4 is 0 Å². The van der Waals surface area contributed by atoms with Gasteiger partial charge in [0.1, 0.15) is 11.6 Å². The molecule has 4 heteroatoms. The Bertz CT molecular complexity index is 4120. The van der Waals surface area contributed by atoms with E-state index >= 15 is 0 Å². The minimum atomic E-state index is 0.551. The fourth-order valence-electron chi connectivity index (χ4n) is 14.0. The normalized spacial score (nSPS) is 11.6. The molecule has 0 atom stereocenters. The molecule has 0 bridgehead atoms. The Morgan fingerprint density at radius 2 is 0.570 bits per heavy atom. The van der Waals surface area contributed by atoms with Crippen molar-refractivity contribution >= 4 is 43.6 Å². The molecule has 0 saturated carbocycles. The van der Waals surface area contributed by atoms with E-state index in [-0.39, 0.29) is 0 Å². The summed E-state index contributed by atoms with van der Waals surface area (Å²) in [6.45, 7) is 28.4. The molecular formula is C75H64N4. The molecule has 0 spiro atoms. The maximum atomic E-state index is 12.3. The Morgan fingerprint density at radius 3 is 0.823 bits per heavy atom. The van der Waals surface area contributed by atoms with Crippen LogP contribution in [0.1, 0.15) is 83.5 Å². The van der Waals surface area contributed by atoms with Crippen LogP contribution in [0.15, 0.2) is 152 Å². The van der Waals surface area contributed by atoms with Crippen molar-refractivity contribution in [3.05, 3.63) is 235 Å². The van der Waals surface area contributed by atoms with Gasteiger partial charge in [-0.05, 0) is 244 Å². The van der Waals surface area contributed by atoms with Crippen molar-refractivity contribution in [1.82, 2.24) is 9.13 Å². The van der Waals surface area contributed by atoms with Gasteiger partial charge in [0.25, 0.3) is 0 Å². The molecule has 0 fully saturated rings. The fraction of sp³-hybridized carbons (Fsp3) is 0.173. The highest BCUT2D eigenvalue weighted by Gasteiger charge is 2.26. The second-order valence-corrected chi connectivity index (χ2v) is 22.8. The highest BCUT2D eigenvalue weighted by Crippen LogP contribution is 2.45. The first kappa shape index (κ1) is 50.6. The van der Waals surface area contributed by atoms with E-state index in [0.717, 1.165) is 93.9 Å². The number of aromatic nitrogens is 2. The van der Waals surface area contributed by atoms with E-state index in [9.17, 15) is 10.5 Å². The number of nitrogens with zero attached hydrogens (tertiary/aromatic N) is 4. The number of nitriles is 2. The minimum Gasteiger partial charge on any atom is -0.308 e. The summed E-state index contributed by atoms with van der Waals surface area (Å²) in [4.78, 5) is 0. The summed E-state index contributed by atoms with van der Waals surface area (Å²) < 4.78 is 4.76. The van der Waals surface area contributed by atoms with Crippen LogP contribution in [-0.4, -0.2) is 9.13 Å². The highest BCUT2D eigenvalue weighted by atomic mass is 15.0. The smallest absolute Gasteiger partial charge is 0.104 e. The number of fused-ring (bicyclic) bond motifs is 6. The van der Waals surface area contributed by atoms with Gasteiger partial charge in [-0.2, -0.15) is 10.5 Å². The summed E-state index contributed by atoms with van der Waals surface area (Å²) in [6, 6.07) is 61.5. The van der Waals surface area contributed by atoms with Crippen molar-refractivity contribution in [2.75, 3.05) is 0 Å². The molecule has 0 N–H and O–H groups in total. The van der Waals surface area contributed by atoms with Gasteiger partial charge < -0.3 is 9.13 Å². The van der Waals surface area contributed by atoms with Gasteiger partial charge in [-0.3, -0.25) is 0 Å². The Kier molecular flexibility index (Phi) is 12.2. The summed E-state index contributed by atoms with van der Waals surface area (Å²) in [6.07, 6.45) is 0. The molecule has 0 amide bonds. The Morgan fingerprint density at radius 1 is 0.278 bits per heavy atom. The third-order valence-electron chi connectivity index (χ3n) is 16.8. The summed E-state index contributed by atoms with van der Waals surface area (Å²) in [5.41, 5.74) is 33.8. The van der Waals surface area contributed by atoms with E-state index < -0.39 is 0 Å². The number of hydrogen-bond donors (Lipinski definition) is 0. The van der Waals surface area contributed by atoms with Crippen LogP contribution in [-0.2, 0) is 0 Å². The first-order chi connectivity index (χ1) is 37.9. The van der Waals surface area contributed by atoms with E-state index in [1.165, 1.54) is 89.0 Å². The van der Waals surface area contributed by atoms with Gasteiger partial charge in [-0.1, -0.05) is 125 Å². The molecule has 2 heterocycles. The van der Waals surface area contributed by atoms with Crippen LogP contribution in [0.25, 0.3) is 111 Å². The third kappa shape index (κ3) is 8.34. The van der Waals surface area contributed by atoms with Crippen molar-refractivity contribution in [1.29, 1.82) is 10.5 Å². The number of benzene rings is 10. The lowest BCUT2D eigenvalue weighted by molar-refractivity contribution is 1.12. The van der Waals surface area contributed by atoms with Gasteiger partial charge in [0, 0.05) is 21.5 Å². The Balaban J connectivity index is 1.27. The van der Waals surface area contributed by atoms with E-state index in [4.69, 9.17) is 0 Å². The third-order valence-corrected chi connectivity index (χ3v) is 16.8. The van der Waals surface area contributed by atoms with Gasteiger partial charge in [-0.15, -0.1) is 0 Å². The van der Waals surface area contributed by atoms with Gasteiger partial charge in [0.15, 0.2) is 0 Å². The predicted octanol–water partition coefficient (Wildman–Crippen LogP) is 20.0. The van der Waals surface area contributed by atoms with Gasteiger partial charge in [-0.25, -0.2) is 0 Å². The first-order valence-corrected chi connectivity index (χ1v) is 27.5. The lowest BCUT2D eigenvalue weighted by Crippen LogP contribution is -2.06. The molecule has 10 aromatic carbocycles. The van der Waals surface area contributed by atoms with Crippen LogP contribution >= 0.6 is 0 Å². The summed E-state index contributed by atoms with van der Waals surface area (Å²) in [5.74, 6) is 0. The largest absolute Gasteiger partial charge is 0.308 e. The highest BCUT2D eigenvalue weighted by molar-refractivity contribution is 6.14. The molecule has 4 nitrogen and oxygen atoms in total. The molecule has 0 aliphatic carbocycles. The second kappa shape index (κ2) is 19.1. The van der Waals surface area contributed by atoms with Crippen LogP contribution in [0.4, 0.5) is 0 Å². The zero-order valence-electron chi connectivity index (χ0n) is 47.7. The summed E-state index contributed by atoms with van der Waals surface area (Å²) in [7, 11) is 0. The molecular weight excluding hydrogens is 957 g/mol. The molecule has 79 heavy (non-hydrogen) atoms. The van der Waals surface area contributed by atoms with Crippen molar-refractivity contribution in [2.45, 2.75) is 90.0 Å². The zero-order chi connectivity index (χ0) is 55.5. The van der Waals surface area contributed by atoms with Crippen LogP contribution in [0.2, 0.25) is 0 Å². The number of aryl methyl sites for hydroxylation is 13. The van der Waals surface area contributed by atoms with E-state index in [2.05, 4.69) is 251 Å². The number of hydrogen-bond acceptors (Lipinski definition) is 2. The second-order valence-electron chi connectivity index (χ2n) is 22.8. The molecule has 0 radical (unpaired) electrons. The maximum Gasteiger partial charge on any atom is 0.104 e. The Labute approximate surface area is 465 Å². The quantitative estimate of drug-likeness (QED) is 0.160. The predicted molar refractivity (Wildman–Crippen MR) is 333 cm³/mol. The van der Waals surface area contributed by atoms with Crippen molar-refractivity contribution < 1.29 is 0 Å². The molecule has 0 unspecified atom stereocenters. The molecule has 0 aliphatic rings. The van der Waals surface area contributed by atoms with E-state index in [0.29, 0.717) is 11.1 Å². The lowest BCUT2D eigenvalue weighted by atomic mass is 9.92. The summed E-state index contributed by atoms with van der Waals surface area (Å²) >= 11 is 0. The average Bonchev–Trinajstić information content (AvgIpc) is 4.08.